The molecular weight excluding hydrogens is 1320 g/mol. The zero-order valence-corrected chi connectivity index (χ0v) is 67.8. The number of carbonyl (C=O) groups is 4. The molecule has 0 aromatic rings. The largest absolute Gasteiger partial charge is 0.472 e. The highest BCUT2D eigenvalue weighted by atomic mass is 31.2. The van der Waals surface area contributed by atoms with Gasteiger partial charge in [-0.3, -0.25) is 37.3 Å². The molecule has 0 aliphatic heterocycles. The number of rotatable bonds is 82. The zero-order chi connectivity index (χ0) is 74.1. The molecule has 0 amide bonds. The lowest BCUT2D eigenvalue weighted by atomic mass is 10.0. The molecule has 0 saturated carbocycles. The SMILES string of the molecule is CCCCCCCCCCCCCCCCCCCC(=O)OC[C@H](COP(=O)(O)OC[C@@H](O)COP(=O)(O)OC[C@@H](COC(=O)CCCCCCCCCCCCCC)OC(=O)CCCCCCCCCCCCCCCCC)OC(=O)CCCCCCCCCCCCCCCCC(C)C. The number of hydrogen-bond acceptors (Lipinski definition) is 15. The van der Waals surface area contributed by atoms with Gasteiger partial charge in [-0.15, -0.1) is 0 Å². The summed E-state index contributed by atoms with van der Waals surface area (Å²) in [6.07, 6.45) is 66.4. The summed E-state index contributed by atoms with van der Waals surface area (Å²) in [4.78, 5) is 73.1. The molecule has 0 bridgehead atoms. The van der Waals surface area contributed by atoms with Gasteiger partial charge < -0.3 is 33.8 Å². The fourth-order valence-electron chi connectivity index (χ4n) is 12.8. The average Bonchev–Trinajstić information content (AvgIpc) is 0.941. The Bertz CT molecular complexity index is 1930. The molecule has 2 unspecified atom stereocenters. The maximum Gasteiger partial charge on any atom is 0.472 e. The molecule has 17 nitrogen and oxygen atoms in total. The van der Waals surface area contributed by atoms with Gasteiger partial charge >= 0.3 is 39.5 Å². The average molecular weight is 1480 g/mol. The van der Waals surface area contributed by atoms with Crippen LogP contribution in [0.4, 0.5) is 0 Å². The summed E-state index contributed by atoms with van der Waals surface area (Å²) in [6.45, 7) is 7.37. The van der Waals surface area contributed by atoms with Gasteiger partial charge in [0.05, 0.1) is 26.4 Å². The van der Waals surface area contributed by atoms with Crippen LogP contribution in [0.1, 0.15) is 439 Å². The van der Waals surface area contributed by atoms with Crippen LogP contribution in [0.2, 0.25) is 0 Å². The first-order chi connectivity index (χ1) is 49.0. The topological polar surface area (TPSA) is 237 Å². The van der Waals surface area contributed by atoms with E-state index >= 15 is 0 Å². The molecule has 5 atom stereocenters. The van der Waals surface area contributed by atoms with Crippen molar-refractivity contribution in [2.24, 2.45) is 5.92 Å². The molecule has 0 aromatic carbocycles. The van der Waals surface area contributed by atoms with Gasteiger partial charge in [-0.05, 0) is 31.6 Å². The van der Waals surface area contributed by atoms with E-state index in [-0.39, 0.29) is 25.7 Å². The third kappa shape index (κ3) is 76.1. The van der Waals surface area contributed by atoms with E-state index in [2.05, 4.69) is 34.6 Å². The van der Waals surface area contributed by atoms with Crippen LogP contribution < -0.4 is 0 Å². The summed E-state index contributed by atoms with van der Waals surface area (Å²) in [5, 5.41) is 10.7. The number of unbranched alkanes of at least 4 members (excludes halogenated alkanes) is 54. The number of ether oxygens (including phenoxy) is 4. The van der Waals surface area contributed by atoms with Crippen molar-refractivity contribution >= 4 is 39.5 Å². The maximum absolute atomic E-state index is 13.1. The fraction of sp³-hybridized carbons (Fsp3) is 0.951. The number of phosphoric ester groups is 2. The number of carbonyl (C=O) groups excluding carboxylic acids is 4. The van der Waals surface area contributed by atoms with Crippen LogP contribution in [-0.2, 0) is 65.4 Å². The first-order valence-corrected chi connectivity index (χ1v) is 45.6. The Kier molecular flexibility index (Phi) is 73.5. The Labute approximate surface area is 619 Å². The van der Waals surface area contributed by atoms with Crippen molar-refractivity contribution in [2.75, 3.05) is 39.6 Å². The van der Waals surface area contributed by atoms with Crippen molar-refractivity contribution in [1.29, 1.82) is 0 Å². The van der Waals surface area contributed by atoms with E-state index in [0.717, 1.165) is 95.8 Å². The highest BCUT2D eigenvalue weighted by molar-refractivity contribution is 7.47. The minimum absolute atomic E-state index is 0.109. The van der Waals surface area contributed by atoms with E-state index in [4.69, 9.17) is 37.0 Å². The van der Waals surface area contributed by atoms with E-state index in [1.165, 1.54) is 263 Å². The minimum atomic E-state index is -4.96. The van der Waals surface area contributed by atoms with Gasteiger partial charge in [0, 0.05) is 25.7 Å². The van der Waals surface area contributed by atoms with Crippen LogP contribution >= 0.6 is 15.6 Å². The lowest BCUT2D eigenvalue weighted by molar-refractivity contribution is -0.161. The Morgan fingerprint density at radius 2 is 0.455 bits per heavy atom. The molecule has 0 rings (SSSR count). The predicted octanol–water partition coefficient (Wildman–Crippen LogP) is 24.8. The normalized spacial score (nSPS) is 13.8. The Morgan fingerprint density at radius 3 is 0.673 bits per heavy atom. The second kappa shape index (κ2) is 74.9. The summed E-state index contributed by atoms with van der Waals surface area (Å²) in [6, 6.07) is 0. The van der Waals surface area contributed by atoms with Crippen molar-refractivity contribution in [3.05, 3.63) is 0 Å². The van der Waals surface area contributed by atoms with E-state index in [9.17, 15) is 43.2 Å². The van der Waals surface area contributed by atoms with Gasteiger partial charge in [-0.2, -0.15) is 0 Å². The summed E-state index contributed by atoms with van der Waals surface area (Å²) in [7, 11) is -9.92. The van der Waals surface area contributed by atoms with Crippen LogP contribution in [0.3, 0.4) is 0 Å². The molecule has 0 saturated heterocycles. The van der Waals surface area contributed by atoms with Gasteiger partial charge in [-0.1, -0.05) is 388 Å². The van der Waals surface area contributed by atoms with Crippen molar-refractivity contribution in [1.82, 2.24) is 0 Å². The summed E-state index contributed by atoms with van der Waals surface area (Å²) >= 11 is 0. The van der Waals surface area contributed by atoms with Crippen molar-refractivity contribution in [3.8, 4) is 0 Å². The fourth-order valence-corrected chi connectivity index (χ4v) is 14.3. The summed E-state index contributed by atoms with van der Waals surface area (Å²) in [5.74, 6) is -1.31. The quantitative estimate of drug-likeness (QED) is 0.0222. The maximum atomic E-state index is 13.1. The van der Waals surface area contributed by atoms with Gasteiger partial charge in [0.25, 0.3) is 0 Å². The second-order valence-electron chi connectivity index (χ2n) is 30.0. The van der Waals surface area contributed by atoms with Gasteiger partial charge in [-0.25, -0.2) is 9.13 Å². The van der Waals surface area contributed by atoms with Crippen molar-refractivity contribution < 1.29 is 80.2 Å². The zero-order valence-electron chi connectivity index (χ0n) is 66.1. The van der Waals surface area contributed by atoms with E-state index in [0.29, 0.717) is 25.7 Å². The molecule has 0 fully saturated rings. The van der Waals surface area contributed by atoms with Crippen molar-refractivity contribution in [3.63, 3.8) is 0 Å². The molecule has 3 N–H and O–H groups in total. The highest BCUT2D eigenvalue weighted by Crippen LogP contribution is 2.45. The molecule has 0 radical (unpaired) electrons. The molecule has 0 aliphatic rings. The second-order valence-corrected chi connectivity index (χ2v) is 32.9. The molecule has 0 heterocycles. The van der Waals surface area contributed by atoms with Gasteiger partial charge in [0.15, 0.2) is 12.2 Å². The van der Waals surface area contributed by atoms with Gasteiger partial charge in [0.2, 0.25) is 0 Å². The van der Waals surface area contributed by atoms with Crippen LogP contribution in [0.5, 0.6) is 0 Å². The highest BCUT2D eigenvalue weighted by Gasteiger charge is 2.30. The molecule has 19 heteroatoms. The van der Waals surface area contributed by atoms with Crippen LogP contribution in [0, 0.1) is 5.92 Å². The molecule has 600 valence electrons. The Balaban J connectivity index is 5.26. The van der Waals surface area contributed by atoms with Gasteiger partial charge in [0.1, 0.15) is 19.3 Å². The van der Waals surface area contributed by atoms with Crippen LogP contribution in [-0.4, -0.2) is 96.7 Å². The van der Waals surface area contributed by atoms with E-state index in [1.807, 2.05) is 0 Å². The smallest absolute Gasteiger partial charge is 0.462 e. The lowest BCUT2D eigenvalue weighted by Gasteiger charge is -2.21. The Hall–Kier alpha value is -1.94. The Morgan fingerprint density at radius 1 is 0.267 bits per heavy atom. The summed E-state index contributed by atoms with van der Waals surface area (Å²) < 4.78 is 68.8. The first kappa shape index (κ1) is 99.1. The summed E-state index contributed by atoms with van der Waals surface area (Å²) in [5.41, 5.74) is 0. The number of phosphoric acid groups is 2. The monoisotopic (exact) mass is 1480 g/mol. The standard InChI is InChI=1S/C82H160O17P2/c1-6-9-12-15-18-21-24-27-29-30-32-36-41-46-51-56-61-66-80(85)93-72-78(99-82(87)68-63-58-53-48-43-38-34-33-35-39-44-49-54-59-64-75(4)5)74-97-101(90,91)95-70-76(83)69-94-100(88,89)96-73-77(71-92-79(84)65-60-55-50-45-40-26-23-20-17-14-11-8-3)98-81(86)67-62-57-52-47-42-37-31-28-25-22-19-16-13-10-7-2/h75-78,83H,6-74H2,1-5H3,(H,88,89)(H,90,91)/t76-,77+,78+/m0/s1. The minimum Gasteiger partial charge on any atom is -0.462 e. The molecular formula is C82H160O17P2. The first-order valence-electron chi connectivity index (χ1n) is 42.6. The third-order valence-corrected chi connectivity index (χ3v) is 21.2. The molecule has 0 aromatic heterocycles. The molecule has 101 heavy (non-hydrogen) atoms. The lowest BCUT2D eigenvalue weighted by Crippen LogP contribution is -2.30. The van der Waals surface area contributed by atoms with Crippen LogP contribution in [0.25, 0.3) is 0 Å². The van der Waals surface area contributed by atoms with E-state index < -0.39 is 97.5 Å². The number of esters is 4. The molecule has 0 spiro atoms. The molecule has 0 aliphatic carbocycles. The van der Waals surface area contributed by atoms with Crippen molar-refractivity contribution in [2.45, 2.75) is 457 Å². The van der Waals surface area contributed by atoms with E-state index in [1.54, 1.807) is 0 Å². The predicted molar refractivity (Wildman–Crippen MR) is 414 cm³/mol. The third-order valence-electron chi connectivity index (χ3n) is 19.3. The van der Waals surface area contributed by atoms with Crippen LogP contribution in [0.15, 0.2) is 0 Å². The number of hydrogen-bond donors (Lipinski definition) is 3. The number of aliphatic hydroxyl groups is 1. The number of aliphatic hydroxyl groups excluding tert-OH is 1.